The summed E-state index contributed by atoms with van der Waals surface area (Å²) in [4.78, 5) is 22.0. The molecule has 0 spiro atoms. The molecule has 3 aromatic carbocycles. The lowest BCUT2D eigenvalue weighted by Gasteiger charge is -2.16. The van der Waals surface area contributed by atoms with Crippen LogP contribution in [0.4, 0.5) is 4.39 Å². The summed E-state index contributed by atoms with van der Waals surface area (Å²) in [6.07, 6.45) is 1.27. The number of benzene rings is 3. The molecule has 1 N–H and O–H groups in total. The summed E-state index contributed by atoms with van der Waals surface area (Å²) in [5, 5.41) is -0.381. The fourth-order valence-corrected chi connectivity index (χ4v) is 5.44. The molecule has 0 aliphatic carbocycles. The van der Waals surface area contributed by atoms with E-state index in [0.29, 0.717) is 29.4 Å². The summed E-state index contributed by atoms with van der Waals surface area (Å²) < 4.78 is 60.7. The van der Waals surface area contributed by atoms with Crippen molar-refractivity contribution in [1.82, 2.24) is 14.7 Å². The zero-order valence-electron chi connectivity index (χ0n) is 26.4. The first-order chi connectivity index (χ1) is 22.5. The molecule has 0 aliphatic heterocycles. The predicted octanol–water partition coefficient (Wildman–Crippen LogP) is 7.42. The van der Waals surface area contributed by atoms with E-state index in [1.54, 1.807) is 6.07 Å². The van der Waals surface area contributed by atoms with Crippen LogP contribution in [-0.4, -0.2) is 30.9 Å². The van der Waals surface area contributed by atoms with Crippen molar-refractivity contribution in [3.05, 3.63) is 125 Å². The van der Waals surface area contributed by atoms with Crippen LogP contribution < -0.4 is 18.9 Å². The fourth-order valence-electron chi connectivity index (χ4n) is 4.55. The Morgan fingerprint density at radius 3 is 2.30 bits per heavy atom. The summed E-state index contributed by atoms with van der Waals surface area (Å²) in [6.45, 7) is 8.30. The highest BCUT2D eigenvalue weighted by molar-refractivity contribution is 7.90. The van der Waals surface area contributed by atoms with Gasteiger partial charge in [0.2, 0.25) is 5.88 Å². The molecule has 11 heteroatoms. The van der Waals surface area contributed by atoms with Crippen LogP contribution in [0.5, 0.6) is 23.1 Å². The van der Waals surface area contributed by atoms with Crippen molar-refractivity contribution in [3.63, 3.8) is 0 Å². The molecular formula is C36H34FN3O6S. The number of rotatable bonds is 12. The van der Waals surface area contributed by atoms with E-state index >= 15 is 0 Å². The molecule has 0 aliphatic rings. The van der Waals surface area contributed by atoms with Crippen LogP contribution in [0.25, 0.3) is 11.3 Å². The first-order valence-corrected chi connectivity index (χ1v) is 16.4. The summed E-state index contributed by atoms with van der Waals surface area (Å²) in [5.41, 5.74) is 2.98. The van der Waals surface area contributed by atoms with Crippen molar-refractivity contribution in [2.24, 2.45) is 5.92 Å². The number of ether oxygens (including phenoxy) is 3. The molecule has 1 amide bonds. The highest BCUT2D eigenvalue weighted by Gasteiger charge is 2.25. The number of carbonyl (C=O) groups excluding carboxylic acids is 1. The van der Waals surface area contributed by atoms with Gasteiger partial charge in [-0.05, 0) is 72.9 Å². The number of nitrogens with zero attached hydrogens (tertiary/aromatic N) is 2. The number of hydrogen-bond acceptors (Lipinski definition) is 8. The van der Waals surface area contributed by atoms with E-state index in [-0.39, 0.29) is 34.7 Å². The summed E-state index contributed by atoms with van der Waals surface area (Å²) in [5.74, 6) is -0.328. The SMILES string of the molecule is Cc1cccc(C)c1Oc1nc(-c2cc(F)cc(OCC(C)C)c2)ccc1C(=O)NS(=O)(=O)c1ccc(OCc2ccccc2)cn1. The Morgan fingerprint density at radius 1 is 0.872 bits per heavy atom. The molecule has 0 bridgehead atoms. The van der Waals surface area contributed by atoms with Crippen molar-refractivity contribution in [1.29, 1.82) is 0 Å². The number of hydrogen-bond donors (Lipinski definition) is 1. The van der Waals surface area contributed by atoms with Gasteiger partial charge in [-0.25, -0.2) is 19.1 Å². The number of nitrogens with one attached hydrogen (secondary N) is 1. The number of carbonyl (C=O) groups is 1. The van der Waals surface area contributed by atoms with E-state index in [4.69, 9.17) is 14.2 Å². The zero-order chi connectivity index (χ0) is 33.6. The molecule has 9 nitrogen and oxygen atoms in total. The minimum absolute atomic E-state index is 0.157. The first-order valence-electron chi connectivity index (χ1n) is 14.9. The fraction of sp³-hybridized carbons (Fsp3) is 0.194. The number of aromatic nitrogens is 2. The average Bonchev–Trinajstić information content (AvgIpc) is 3.04. The molecule has 0 radical (unpaired) electrons. The van der Waals surface area contributed by atoms with Crippen LogP contribution in [0.15, 0.2) is 102 Å². The molecule has 242 valence electrons. The lowest BCUT2D eigenvalue weighted by molar-refractivity contribution is 0.0978. The van der Waals surface area contributed by atoms with Gasteiger partial charge in [0, 0.05) is 11.6 Å². The van der Waals surface area contributed by atoms with Crippen LogP contribution in [0.3, 0.4) is 0 Å². The maximum absolute atomic E-state index is 14.6. The number of para-hydroxylation sites is 1. The molecule has 0 saturated heterocycles. The lowest BCUT2D eigenvalue weighted by Crippen LogP contribution is -2.31. The first kappa shape index (κ1) is 33.1. The van der Waals surface area contributed by atoms with Crippen molar-refractivity contribution >= 4 is 15.9 Å². The third kappa shape index (κ3) is 8.50. The van der Waals surface area contributed by atoms with Crippen LogP contribution >= 0.6 is 0 Å². The van der Waals surface area contributed by atoms with Crippen molar-refractivity contribution in [3.8, 4) is 34.4 Å². The standard InChI is InChI=1S/C36H34FN3O6S/c1-23(2)21-44-30-18-27(17-28(37)19-30)32-15-14-31(36(39-32)46-34-24(3)9-8-10-25(34)4)35(41)40-47(42,43)33-16-13-29(20-38-33)45-22-26-11-6-5-7-12-26/h5-20,23H,21-22H2,1-4H3,(H,40,41). The van der Waals surface area contributed by atoms with Gasteiger partial charge in [-0.3, -0.25) is 4.79 Å². The summed E-state index contributed by atoms with van der Waals surface area (Å²) >= 11 is 0. The molecule has 5 rings (SSSR count). The molecule has 0 atom stereocenters. The molecule has 2 heterocycles. The minimum Gasteiger partial charge on any atom is -0.493 e. The van der Waals surface area contributed by atoms with Gasteiger partial charge in [-0.1, -0.05) is 62.4 Å². The van der Waals surface area contributed by atoms with Gasteiger partial charge in [0.15, 0.2) is 5.03 Å². The number of aryl methyl sites for hydroxylation is 2. The normalized spacial score (nSPS) is 11.3. The van der Waals surface area contributed by atoms with Crippen molar-refractivity contribution < 1.29 is 31.8 Å². The van der Waals surface area contributed by atoms with E-state index in [1.165, 1.54) is 42.6 Å². The molecule has 0 saturated carbocycles. The average molecular weight is 656 g/mol. The highest BCUT2D eigenvalue weighted by Crippen LogP contribution is 2.33. The zero-order valence-corrected chi connectivity index (χ0v) is 27.2. The number of amides is 1. The van der Waals surface area contributed by atoms with Crippen molar-refractivity contribution in [2.75, 3.05) is 6.61 Å². The molecule has 47 heavy (non-hydrogen) atoms. The maximum Gasteiger partial charge on any atom is 0.281 e. The van der Waals surface area contributed by atoms with Gasteiger partial charge in [0.05, 0.1) is 18.5 Å². The Hall–Kier alpha value is -5.29. The second-order valence-corrected chi connectivity index (χ2v) is 12.9. The van der Waals surface area contributed by atoms with Crippen molar-refractivity contribution in [2.45, 2.75) is 39.3 Å². The molecular weight excluding hydrogens is 621 g/mol. The van der Waals surface area contributed by atoms with E-state index < -0.39 is 21.7 Å². The third-order valence-electron chi connectivity index (χ3n) is 6.92. The monoisotopic (exact) mass is 655 g/mol. The van der Waals surface area contributed by atoms with E-state index in [0.717, 1.165) is 16.7 Å². The van der Waals surface area contributed by atoms with E-state index in [9.17, 15) is 17.6 Å². The molecule has 2 aromatic heterocycles. The Balaban J connectivity index is 1.43. The molecule has 0 fully saturated rings. The van der Waals surface area contributed by atoms with Gasteiger partial charge in [0.1, 0.15) is 35.2 Å². The third-order valence-corrected chi connectivity index (χ3v) is 8.17. The number of sulfonamides is 1. The maximum atomic E-state index is 14.6. The second-order valence-electron chi connectivity index (χ2n) is 11.3. The van der Waals surface area contributed by atoms with Crippen LogP contribution in [-0.2, 0) is 16.6 Å². The van der Waals surface area contributed by atoms with Gasteiger partial charge < -0.3 is 14.2 Å². The molecule has 0 unspecified atom stereocenters. The minimum atomic E-state index is -4.40. The number of pyridine rings is 2. The Kier molecular flexibility index (Phi) is 10.2. The lowest BCUT2D eigenvalue weighted by atomic mass is 10.1. The largest absolute Gasteiger partial charge is 0.493 e. The van der Waals surface area contributed by atoms with E-state index in [2.05, 4.69) is 14.7 Å². The van der Waals surface area contributed by atoms with E-state index in [1.807, 2.05) is 76.2 Å². The number of halogens is 1. The van der Waals surface area contributed by atoms with Crippen LogP contribution in [0.1, 0.15) is 40.9 Å². The Morgan fingerprint density at radius 2 is 1.62 bits per heavy atom. The smallest absolute Gasteiger partial charge is 0.281 e. The van der Waals surface area contributed by atoms with Gasteiger partial charge in [-0.2, -0.15) is 8.42 Å². The highest BCUT2D eigenvalue weighted by atomic mass is 32.2. The Bertz CT molecular complexity index is 1960. The van der Waals surface area contributed by atoms with Gasteiger partial charge in [-0.15, -0.1) is 0 Å². The summed E-state index contributed by atoms with van der Waals surface area (Å²) in [6, 6.07) is 24.8. The summed E-state index contributed by atoms with van der Waals surface area (Å²) in [7, 11) is -4.40. The Labute approximate surface area is 273 Å². The predicted molar refractivity (Wildman–Crippen MR) is 176 cm³/mol. The second kappa shape index (κ2) is 14.4. The van der Waals surface area contributed by atoms with Gasteiger partial charge in [0.25, 0.3) is 15.9 Å². The van der Waals surface area contributed by atoms with Crippen LogP contribution in [0, 0.1) is 25.6 Å². The van der Waals surface area contributed by atoms with Gasteiger partial charge >= 0.3 is 0 Å². The van der Waals surface area contributed by atoms with Crippen LogP contribution in [0.2, 0.25) is 0 Å². The quantitative estimate of drug-likeness (QED) is 0.148. The topological polar surface area (TPSA) is 117 Å². The molecule has 5 aromatic rings.